The van der Waals surface area contributed by atoms with Crippen molar-refractivity contribution in [1.29, 1.82) is 0 Å². The van der Waals surface area contributed by atoms with E-state index in [1.807, 2.05) is 6.92 Å². The van der Waals surface area contributed by atoms with E-state index in [1.165, 1.54) is 16.6 Å². The molecule has 1 fully saturated rings. The molecule has 0 radical (unpaired) electrons. The standard InChI is InChI=1S/C25H28F4N4O4/c1-4-5-8-37-22-20-24(36)31-13-33(14(2)10-25(28,29)15(31)3)32(20)12-18(21(22)34)23(35)30-11-16-6-7-17(26)9-19(16)27/h6-7,9,12,14-15H,4-5,8,10-11,13H2,1-3H3,(H,30,35)/t14-,15-/m0/s1. The summed E-state index contributed by atoms with van der Waals surface area (Å²) in [5.74, 6) is -6.93. The van der Waals surface area contributed by atoms with Gasteiger partial charge in [0.2, 0.25) is 5.43 Å². The predicted molar refractivity (Wildman–Crippen MR) is 126 cm³/mol. The van der Waals surface area contributed by atoms with Gasteiger partial charge in [-0.2, -0.15) is 0 Å². The Balaban J connectivity index is 1.77. The number of aromatic nitrogens is 1. The van der Waals surface area contributed by atoms with Crippen LogP contribution in [0, 0.1) is 11.6 Å². The summed E-state index contributed by atoms with van der Waals surface area (Å²) in [6.07, 6.45) is 1.84. The first-order valence-electron chi connectivity index (χ1n) is 12.1. The van der Waals surface area contributed by atoms with Gasteiger partial charge in [-0.05, 0) is 26.3 Å². The second-order valence-electron chi connectivity index (χ2n) is 9.36. The molecular weight excluding hydrogens is 496 g/mol. The first-order valence-corrected chi connectivity index (χ1v) is 12.1. The Hall–Kier alpha value is -3.57. The van der Waals surface area contributed by atoms with E-state index in [0.717, 1.165) is 29.7 Å². The second-order valence-corrected chi connectivity index (χ2v) is 9.36. The molecule has 2 bridgehead atoms. The van der Waals surface area contributed by atoms with Crippen LogP contribution in [-0.2, 0) is 6.54 Å². The molecule has 0 saturated carbocycles. The van der Waals surface area contributed by atoms with Gasteiger partial charge in [-0.25, -0.2) is 17.6 Å². The largest absolute Gasteiger partial charge is 0.487 e. The summed E-state index contributed by atoms with van der Waals surface area (Å²) in [6.45, 7) is 4.27. The Morgan fingerprint density at radius 3 is 2.62 bits per heavy atom. The molecule has 8 nitrogen and oxygen atoms in total. The third-order valence-corrected chi connectivity index (χ3v) is 6.78. The summed E-state index contributed by atoms with van der Waals surface area (Å²) in [7, 11) is 0. The monoisotopic (exact) mass is 524 g/mol. The third-order valence-electron chi connectivity index (χ3n) is 6.78. The van der Waals surface area contributed by atoms with Crippen LogP contribution < -0.4 is 20.5 Å². The molecule has 0 spiro atoms. The fourth-order valence-electron chi connectivity index (χ4n) is 4.50. The van der Waals surface area contributed by atoms with E-state index in [2.05, 4.69) is 5.32 Å². The Morgan fingerprint density at radius 2 is 1.95 bits per heavy atom. The van der Waals surface area contributed by atoms with Crippen molar-refractivity contribution in [3.05, 3.63) is 63.1 Å². The average molecular weight is 525 g/mol. The number of halogens is 4. The van der Waals surface area contributed by atoms with Crippen LogP contribution >= 0.6 is 0 Å². The van der Waals surface area contributed by atoms with Crippen LogP contribution in [0.15, 0.2) is 29.2 Å². The molecular formula is C25H28F4N4O4. The highest BCUT2D eigenvalue weighted by atomic mass is 19.3. The lowest BCUT2D eigenvalue weighted by molar-refractivity contribution is -0.0653. The van der Waals surface area contributed by atoms with Gasteiger partial charge in [-0.15, -0.1) is 0 Å². The molecule has 4 rings (SSSR count). The summed E-state index contributed by atoms with van der Waals surface area (Å²) >= 11 is 0. The number of rotatable bonds is 7. The smallest absolute Gasteiger partial charge is 0.278 e. The van der Waals surface area contributed by atoms with Gasteiger partial charge in [-0.1, -0.05) is 19.4 Å². The molecule has 37 heavy (non-hydrogen) atoms. The van der Waals surface area contributed by atoms with Gasteiger partial charge in [0.05, 0.1) is 18.7 Å². The van der Waals surface area contributed by atoms with E-state index in [9.17, 15) is 31.9 Å². The van der Waals surface area contributed by atoms with Gasteiger partial charge >= 0.3 is 0 Å². The van der Waals surface area contributed by atoms with Gasteiger partial charge in [0, 0.05) is 30.8 Å². The average Bonchev–Trinajstić information content (AvgIpc) is 2.91. The minimum atomic E-state index is -3.19. The number of amides is 2. The third kappa shape index (κ3) is 4.88. The van der Waals surface area contributed by atoms with Crippen molar-refractivity contribution in [2.45, 2.75) is 64.6 Å². The van der Waals surface area contributed by atoms with Gasteiger partial charge < -0.3 is 15.0 Å². The number of carbonyl (C=O) groups excluding carboxylic acids is 2. The summed E-state index contributed by atoms with van der Waals surface area (Å²) < 4.78 is 63.9. The van der Waals surface area contributed by atoms with E-state index in [4.69, 9.17) is 4.74 Å². The van der Waals surface area contributed by atoms with E-state index >= 15 is 0 Å². The van der Waals surface area contributed by atoms with Gasteiger partial charge in [0.25, 0.3) is 17.7 Å². The fourth-order valence-corrected chi connectivity index (χ4v) is 4.50. The highest BCUT2D eigenvalue weighted by Gasteiger charge is 2.51. The Labute approximate surface area is 210 Å². The zero-order chi connectivity index (χ0) is 27.1. The maximum Gasteiger partial charge on any atom is 0.278 e. The minimum Gasteiger partial charge on any atom is -0.487 e. The zero-order valence-corrected chi connectivity index (χ0v) is 20.7. The number of alkyl halides is 2. The molecule has 0 aliphatic carbocycles. The lowest BCUT2D eigenvalue weighted by atomic mass is 10.0. The maximum atomic E-state index is 14.9. The van der Waals surface area contributed by atoms with E-state index in [1.54, 1.807) is 6.92 Å². The summed E-state index contributed by atoms with van der Waals surface area (Å²) in [4.78, 5) is 40.8. The highest BCUT2D eigenvalue weighted by molar-refractivity contribution is 5.99. The molecule has 2 aliphatic rings. The molecule has 0 unspecified atom stereocenters. The van der Waals surface area contributed by atoms with Crippen molar-refractivity contribution < 1.29 is 31.9 Å². The summed E-state index contributed by atoms with van der Waals surface area (Å²) in [5.41, 5.74) is -1.53. The van der Waals surface area contributed by atoms with Crippen molar-refractivity contribution in [1.82, 2.24) is 14.9 Å². The lowest BCUT2D eigenvalue weighted by Crippen LogP contribution is -2.58. The van der Waals surface area contributed by atoms with E-state index < -0.39 is 64.6 Å². The van der Waals surface area contributed by atoms with Crippen molar-refractivity contribution >= 4 is 11.8 Å². The van der Waals surface area contributed by atoms with Gasteiger partial charge in [0.15, 0.2) is 11.4 Å². The number of hydrogen-bond acceptors (Lipinski definition) is 5. The molecule has 2 atom stereocenters. The molecule has 1 N–H and O–H groups in total. The summed E-state index contributed by atoms with van der Waals surface area (Å²) in [5, 5.41) is 3.91. The number of ether oxygens (including phenoxy) is 1. The van der Waals surface area contributed by atoms with E-state index in [0.29, 0.717) is 12.5 Å². The molecule has 2 amide bonds. The van der Waals surface area contributed by atoms with Crippen LogP contribution in [-0.4, -0.2) is 52.7 Å². The van der Waals surface area contributed by atoms with Crippen molar-refractivity contribution in [3.8, 4) is 5.75 Å². The molecule has 200 valence electrons. The summed E-state index contributed by atoms with van der Waals surface area (Å²) in [6, 6.07) is 0.687. The maximum absolute atomic E-state index is 14.9. The molecule has 12 heteroatoms. The highest BCUT2D eigenvalue weighted by Crippen LogP contribution is 2.37. The first kappa shape index (κ1) is 26.5. The van der Waals surface area contributed by atoms with Crippen LogP contribution in [0.3, 0.4) is 0 Å². The number of benzene rings is 1. The predicted octanol–water partition coefficient (Wildman–Crippen LogP) is 3.40. The molecule has 2 aromatic rings. The van der Waals surface area contributed by atoms with Crippen molar-refractivity contribution in [2.75, 3.05) is 18.3 Å². The first-order chi connectivity index (χ1) is 17.5. The fraction of sp³-hybridized carbons (Fsp3) is 0.480. The van der Waals surface area contributed by atoms with Crippen molar-refractivity contribution in [2.24, 2.45) is 0 Å². The van der Waals surface area contributed by atoms with Crippen LogP contribution in [0.2, 0.25) is 0 Å². The minimum absolute atomic E-state index is 0.00425. The SMILES string of the molecule is CCCCOc1c2n(cc(C(=O)NCc3ccc(F)cc3F)c1=O)N1CN(C2=O)[C@@H](C)C(F)(F)C[C@@H]1C. The lowest BCUT2D eigenvalue weighted by Gasteiger charge is -2.42. The molecule has 2 aliphatic heterocycles. The van der Waals surface area contributed by atoms with Crippen molar-refractivity contribution in [3.63, 3.8) is 0 Å². The normalized spacial score (nSPS) is 20.4. The van der Waals surface area contributed by atoms with Crippen LogP contribution in [0.25, 0.3) is 0 Å². The van der Waals surface area contributed by atoms with Crippen LogP contribution in [0.4, 0.5) is 17.6 Å². The Bertz CT molecular complexity index is 1280. The molecule has 3 heterocycles. The number of carbonyl (C=O) groups is 2. The Morgan fingerprint density at radius 1 is 1.22 bits per heavy atom. The van der Waals surface area contributed by atoms with E-state index in [-0.39, 0.29) is 31.1 Å². The quantitative estimate of drug-likeness (QED) is 0.444. The van der Waals surface area contributed by atoms with Crippen LogP contribution in [0.5, 0.6) is 5.75 Å². The molecule has 1 aromatic heterocycles. The molecule has 1 saturated heterocycles. The number of unbranched alkanes of at least 4 members (excludes halogenated alkanes) is 1. The van der Waals surface area contributed by atoms with Gasteiger partial charge in [-0.3, -0.25) is 24.1 Å². The number of fused-ring (bicyclic) bond motifs is 4. The van der Waals surface area contributed by atoms with Gasteiger partial charge in [0.1, 0.15) is 23.9 Å². The second kappa shape index (κ2) is 10.1. The number of pyridine rings is 1. The van der Waals surface area contributed by atoms with Crippen LogP contribution in [0.1, 0.15) is 66.4 Å². The number of nitrogens with one attached hydrogen (secondary N) is 1. The number of nitrogens with zero attached hydrogens (tertiary/aromatic N) is 3. The number of hydrogen-bond donors (Lipinski definition) is 1. The zero-order valence-electron chi connectivity index (χ0n) is 20.7. The molecule has 1 aromatic carbocycles. The topological polar surface area (TPSA) is 83.9 Å². The Kier molecular flexibility index (Phi) is 7.20.